The normalized spacial score (nSPS) is 13.4. The third-order valence-corrected chi connectivity index (χ3v) is 4.23. The number of benzene rings is 1. The molecule has 1 amide bonds. The van der Waals surface area contributed by atoms with Gasteiger partial charge in [-0.1, -0.05) is 12.1 Å². The number of carbonyl (C=O) groups is 2. The number of pyridine rings is 1. The molecule has 1 aromatic carbocycles. The van der Waals surface area contributed by atoms with Crippen LogP contribution in [-0.2, 0) is 13.0 Å². The number of carboxylic acids is 1. The zero-order chi connectivity index (χ0) is 18.0. The standard InChI is InChI=1S/C18H18N2O5/c1-24-12-5-3-11(4-6-12)10-20-8-7-13-15(17(20)21)14(25-2)9-19-16(13)18(22)23/h3-6,9H,7-8,10H2,1-2H3,(H,22,23). The van der Waals surface area contributed by atoms with Gasteiger partial charge in [-0.2, -0.15) is 0 Å². The van der Waals surface area contributed by atoms with Crippen LogP contribution >= 0.6 is 0 Å². The Labute approximate surface area is 144 Å². The van der Waals surface area contributed by atoms with E-state index in [4.69, 9.17) is 9.47 Å². The summed E-state index contributed by atoms with van der Waals surface area (Å²) in [5.41, 5.74) is 1.59. The maximum absolute atomic E-state index is 12.9. The number of carbonyl (C=O) groups excluding carboxylic acids is 1. The summed E-state index contributed by atoms with van der Waals surface area (Å²) < 4.78 is 10.4. The first-order valence-corrected chi connectivity index (χ1v) is 7.76. The van der Waals surface area contributed by atoms with E-state index in [0.29, 0.717) is 30.8 Å². The molecule has 25 heavy (non-hydrogen) atoms. The van der Waals surface area contributed by atoms with Crippen LogP contribution in [0.4, 0.5) is 0 Å². The van der Waals surface area contributed by atoms with Crippen molar-refractivity contribution in [2.24, 2.45) is 0 Å². The summed E-state index contributed by atoms with van der Waals surface area (Å²) in [4.78, 5) is 29.9. The highest BCUT2D eigenvalue weighted by Crippen LogP contribution is 2.30. The van der Waals surface area contributed by atoms with Gasteiger partial charge in [0.15, 0.2) is 5.69 Å². The lowest BCUT2D eigenvalue weighted by Gasteiger charge is -2.30. The number of fused-ring (bicyclic) bond motifs is 1. The minimum absolute atomic E-state index is 0.0896. The van der Waals surface area contributed by atoms with Crippen molar-refractivity contribution < 1.29 is 24.2 Å². The molecule has 1 aromatic heterocycles. The summed E-state index contributed by atoms with van der Waals surface area (Å²) in [7, 11) is 3.04. The Morgan fingerprint density at radius 3 is 2.56 bits per heavy atom. The van der Waals surface area contributed by atoms with E-state index < -0.39 is 5.97 Å². The van der Waals surface area contributed by atoms with Crippen molar-refractivity contribution in [1.29, 1.82) is 0 Å². The Morgan fingerprint density at radius 1 is 1.24 bits per heavy atom. The van der Waals surface area contributed by atoms with Crippen molar-refractivity contribution in [3.63, 3.8) is 0 Å². The Balaban J connectivity index is 1.92. The molecule has 2 heterocycles. The number of aromatic carboxylic acids is 1. The number of carboxylic acid groups (broad SMARTS) is 1. The average Bonchev–Trinajstić information content (AvgIpc) is 2.63. The maximum Gasteiger partial charge on any atom is 0.354 e. The molecule has 0 bridgehead atoms. The SMILES string of the molecule is COc1ccc(CN2CCc3c(C(=O)O)ncc(OC)c3C2=O)cc1. The summed E-state index contributed by atoms with van der Waals surface area (Å²) in [5, 5.41) is 9.30. The highest BCUT2D eigenvalue weighted by atomic mass is 16.5. The molecule has 1 aliphatic heterocycles. The zero-order valence-electron chi connectivity index (χ0n) is 14.0. The summed E-state index contributed by atoms with van der Waals surface area (Å²) in [6, 6.07) is 7.47. The quantitative estimate of drug-likeness (QED) is 0.894. The van der Waals surface area contributed by atoms with Crippen molar-refractivity contribution in [2.75, 3.05) is 20.8 Å². The highest BCUT2D eigenvalue weighted by Gasteiger charge is 2.32. The topological polar surface area (TPSA) is 89.0 Å². The molecule has 0 fully saturated rings. The number of hydrogen-bond acceptors (Lipinski definition) is 5. The average molecular weight is 342 g/mol. The summed E-state index contributed by atoms with van der Waals surface area (Å²) in [6.45, 7) is 0.850. The smallest absolute Gasteiger partial charge is 0.354 e. The number of rotatable bonds is 5. The Bertz CT molecular complexity index is 817. The van der Waals surface area contributed by atoms with Gasteiger partial charge in [-0.15, -0.1) is 0 Å². The van der Waals surface area contributed by atoms with Crippen LogP contribution in [0.15, 0.2) is 30.5 Å². The molecule has 0 saturated heterocycles. The van der Waals surface area contributed by atoms with Gasteiger partial charge in [0.05, 0.1) is 26.0 Å². The fraction of sp³-hybridized carbons (Fsp3) is 0.278. The molecule has 0 unspecified atom stereocenters. The molecule has 0 aliphatic carbocycles. The number of aromatic nitrogens is 1. The molecule has 1 N–H and O–H groups in total. The van der Waals surface area contributed by atoms with Gasteiger partial charge in [-0.05, 0) is 24.1 Å². The molecular weight excluding hydrogens is 324 g/mol. The minimum Gasteiger partial charge on any atom is -0.497 e. The van der Waals surface area contributed by atoms with E-state index >= 15 is 0 Å². The van der Waals surface area contributed by atoms with E-state index in [-0.39, 0.29) is 17.2 Å². The van der Waals surface area contributed by atoms with Gasteiger partial charge in [0.25, 0.3) is 5.91 Å². The molecular formula is C18H18N2O5. The Morgan fingerprint density at radius 2 is 1.96 bits per heavy atom. The molecule has 0 saturated carbocycles. The van der Waals surface area contributed by atoms with Gasteiger partial charge in [0, 0.05) is 18.7 Å². The van der Waals surface area contributed by atoms with Crippen molar-refractivity contribution in [3.05, 3.63) is 52.8 Å². The number of nitrogens with zero attached hydrogens (tertiary/aromatic N) is 2. The van der Waals surface area contributed by atoms with Gasteiger partial charge in [-0.3, -0.25) is 4.79 Å². The minimum atomic E-state index is -1.14. The summed E-state index contributed by atoms with van der Waals surface area (Å²) in [5.74, 6) is -0.350. The molecule has 0 spiro atoms. The molecule has 0 radical (unpaired) electrons. The first-order valence-electron chi connectivity index (χ1n) is 7.76. The number of amides is 1. The van der Waals surface area contributed by atoms with Crippen LogP contribution in [0, 0.1) is 0 Å². The summed E-state index contributed by atoms with van der Waals surface area (Å²) in [6.07, 6.45) is 1.71. The maximum atomic E-state index is 12.9. The van der Waals surface area contributed by atoms with Crippen LogP contribution in [0.5, 0.6) is 11.5 Å². The van der Waals surface area contributed by atoms with Crippen molar-refractivity contribution in [1.82, 2.24) is 9.88 Å². The third kappa shape index (κ3) is 3.13. The molecule has 3 rings (SSSR count). The van der Waals surface area contributed by atoms with Crippen LogP contribution in [0.25, 0.3) is 0 Å². The predicted molar refractivity (Wildman–Crippen MR) is 89.2 cm³/mol. The molecule has 7 heteroatoms. The number of hydrogen-bond donors (Lipinski definition) is 1. The van der Waals surface area contributed by atoms with E-state index in [9.17, 15) is 14.7 Å². The zero-order valence-corrected chi connectivity index (χ0v) is 14.0. The second-order valence-electron chi connectivity index (χ2n) is 5.66. The fourth-order valence-corrected chi connectivity index (χ4v) is 2.96. The van der Waals surface area contributed by atoms with Crippen LogP contribution in [0.2, 0.25) is 0 Å². The van der Waals surface area contributed by atoms with Gasteiger partial charge >= 0.3 is 5.97 Å². The van der Waals surface area contributed by atoms with E-state index in [0.717, 1.165) is 11.3 Å². The molecule has 2 aromatic rings. The number of methoxy groups -OCH3 is 2. The largest absolute Gasteiger partial charge is 0.497 e. The van der Waals surface area contributed by atoms with Crippen molar-refractivity contribution in [3.8, 4) is 11.5 Å². The van der Waals surface area contributed by atoms with E-state index in [1.165, 1.54) is 13.3 Å². The second kappa shape index (κ2) is 6.80. The molecule has 130 valence electrons. The molecule has 1 aliphatic rings. The second-order valence-corrected chi connectivity index (χ2v) is 5.66. The third-order valence-electron chi connectivity index (χ3n) is 4.23. The van der Waals surface area contributed by atoms with Gasteiger partial charge in [0.2, 0.25) is 0 Å². The van der Waals surface area contributed by atoms with Crippen LogP contribution in [-0.4, -0.2) is 47.6 Å². The summed E-state index contributed by atoms with van der Waals surface area (Å²) >= 11 is 0. The van der Waals surface area contributed by atoms with E-state index in [1.54, 1.807) is 12.0 Å². The predicted octanol–water partition coefficient (Wildman–Crippen LogP) is 2.00. The van der Waals surface area contributed by atoms with Crippen LogP contribution in [0.1, 0.15) is 32.0 Å². The lowest BCUT2D eigenvalue weighted by molar-refractivity contribution is 0.0684. The monoisotopic (exact) mass is 342 g/mol. The molecule has 7 nitrogen and oxygen atoms in total. The molecule has 0 atom stereocenters. The van der Waals surface area contributed by atoms with Crippen LogP contribution < -0.4 is 9.47 Å². The Hall–Kier alpha value is -3.09. The van der Waals surface area contributed by atoms with E-state index in [1.807, 2.05) is 24.3 Å². The number of ether oxygens (including phenoxy) is 2. The lowest BCUT2D eigenvalue weighted by atomic mass is 9.96. The van der Waals surface area contributed by atoms with Gasteiger partial charge < -0.3 is 19.5 Å². The van der Waals surface area contributed by atoms with Crippen molar-refractivity contribution >= 4 is 11.9 Å². The van der Waals surface area contributed by atoms with E-state index in [2.05, 4.69) is 4.98 Å². The van der Waals surface area contributed by atoms with Gasteiger partial charge in [-0.25, -0.2) is 9.78 Å². The highest BCUT2D eigenvalue weighted by molar-refractivity contribution is 6.02. The lowest BCUT2D eigenvalue weighted by Crippen LogP contribution is -2.38. The Kier molecular flexibility index (Phi) is 4.56. The fourth-order valence-electron chi connectivity index (χ4n) is 2.96. The van der Waals surface area contributed by atoms with Crippen LogP contribution in [0.3, 0.4) is 0 Å². The first-order chi connectivity index (χ1) is 12.0. The van der Waals surface area contributed by atoms with Gasteiger partial charge in [0.1, 0.15) is 11.5 Å². The van der Waals surface area contributed by atoms with Crippen molar-refractivity contribution in [2.45, 2.75) is 13.0 Å². The first kappa shape index (κ1) is 16.8.